The Bertz CT molecular complexity index is 573. The summed E-state index contributed by atoms with van der Waals surface area (Å²) in [6.45, 7) is 3.88. The molecular weight excluding hydrogens is 260 g/mol. The molecule has 5 heteroatoms. The molecule has 1 heterocycles. The molecule has 0 unspecified atom stereocenters. The van der Waals surface area contributed by atoms with Gasteiger partial charge in [0.1, 0.15) is 16.5 Å². The molecule has 0 saturated carbocycles. The molecular formula is C14H18N2O2S. The first-order chi connectivity index (χ1) is 8.95. The molecule has 0 radical (unpaired) electrons. The second kappa shape index (κ2) is 5.19. The van der Waals surface area contributed by atoms with Crippen LogP contribution in [0.1, 0.15) is 19.5 Å². The zero-order valence-corrected chi connectivity index (χ0v) is 12.4. The topological polar surface area (TPSA) is 57.4 Å². The Kier molecular flexibility index (Phi) is 3.78. The van der Waals surface area contributed by atoms with Crippen molar-refractivity contribution in [2.75, 3.05) is 14.2 Å². The zero-order chi connectivity index (χ0) is 14.0. The Morgan fingerprint density at radius 1 is 1.21 bits per heavy atom. The van der Waals surface area contributed by atoms with Crippen LogP contribution >= 0.6 is 11.3 Å². The van der Waals surface area contributed by atoms with Gasteiger partial charge in [0.25, 0.3) is 0 Å². The van der Waals surface area contributed by atoms with Gasteiger partial charge in [-0.1, -0.05) is 0 Å². The van der Waals surface area contributed by atoms with Crippen LogP contribution in [-0.4, -0.2) is 19.2 Å². The number of ether oxygens (including phenoxy) is 2. The lowest BCUT2D eigenvalue weighted by Gasteiger charge is -2.14. The van der Waals surface area contributed by atoms with Crippen LogP contribution in [-0.2, 0) is 5.54 Å². The highest BCUT2D eigenvalue weighted by molar-refractivity contribution is 7.13. The minimum atomic E-state index is -0.444. The molecule has 0 aliphatic rings. The summed E-state index contributed by atoms with van der Waals surface area (Å²) < 4.78 is 10.6. The highest BCUT2D eigenvalue weighted by Gasteiger charge is 2.19. The fourth-order valence-electron chi connectivity index (χ4n) is 1.67. The average Bonchev–Trinajstić information content (AvgIpc) is 2.87. The van der Waals surface area contributed by atoms with E-state index < -0.39 is 5.54 Å². The number of rotatable bonds is 4. The average molecular weight is 278 g/mol. The minimum Gasteiger partial charge on any atom is -0.497 e. The fraction of sp³-hybridized carbons (Fsp3) is 0.357. The van der Waals surface area contributed by atoms with Gasteiger partial charge in [0.2, 0.25) is 0 Å². The van der Waals surface area contributed by atoms with Crippen molar-refractivity contribution < 1.29 is 9.47 Å². The molecule has 0 amide bonds. The third-order valence-electron chi connectivity index (χ3n) is 2.80. The molecule has 0 aliphatic heterocycles. The van der Waals surface area contributed by atoms with E-state index in [1.807, 2.05) is 37.4 Å². The van der Waals surface area contributed by atoms with E-state index in [9.17, 15) is 0 Å². The summed E-state index contributed by atoms with van der Waals surface area (Å²) in [4.78, 5) is 4.59. The van der Waals surface area contributed by atoms with E-state index in [-0.39, 0.29) is 0 Å². The van der Waals surface area contributed by atoms with Crippen LogP contribution in [0.15, 0.2) is 23.6 Å². The summed E-state index contributed by atoms with van der Waals surface area (Å²) in [6, 6.07) is 5.66. The number of nitrogens with two attached hydrogens (primary N) is 1. The van der Waals surface area contributed by atoms with Gasteiger partial charge in [-0.15, -0.1) is 11.3 Å². The van der Waals surface area contributed by atoms with Gasteiger partial charge in [0.15, 0.2) is 0 Å². The number of benzene rings is 1. The van der Waals surface area contributed by atoms with E-state index in [0.717, 1.165) is 27.8 Å². The van der Waals surface area contributed by atoms with Crippen molar-refractivity contribution >= 4 is 11.3 Å². The molecule has 102 valence electrons. The highest BCUT2D eigenvalue weighted by atomic mass is 32.1. The number of aromatic nitrogens is 1. The second-order valence-electron chi connectivity index (χ2n) is 4.83. The maximum atomic E-state index is 6.06. The standard InChI is InChI=1S/C14H18N2O2S/c1-14(2,15)12-8-19-13(16-12)10-7-9(17-3)5-6-11(10)18-4/h5-8H,15H2,1-4H3. The van der Waals surface area contributed by atoms with Crippen LogP contribution < -0.4 is 15.2 Å². The third kappa shape index (κ3) is 2.88. The van der Waals surface area contributed by atoms with Gasteiger partial charge in [-0.3, -0.25) is 0 Å². The van der Waals surface area contributed by atoms with E-state index >= 15 is 0 Å². The predicted octanol–water partition coefficient (Wildman–Crippen LogP) is 3.02. The lowest BCUT2D eigenvalue weighted by Crippen LogP contribution is -2.28. The maximum Gasteiger partial charge on any atom is 0.129 e. The van der Waals surface area contributed by atoms with Crippen LogP contribution in [0.25, 0.3) is 10.6 Å². The normalized spacial score (nSPS) is 11.4. The monoisotopic (exact) mass is 278 g/mol. The van der Waals surface area contributed by atoms with Gasteiger partial charge >= 0.3 is 0 Å². The van der Waals surface area contributed by atoms with Crippen LogP contribution in [0.3, 0.4) is 0 Å². The SMILES string of the molecule is COc1ccc(OC)c(-c2nc(C(C)(C)N)cs2)c1. The van der Waals surface area contributed by atoms with Crippen LogP contribution in [0.5, 0.6) is 11.5 Å². The predicted molar refractivity (Wildman–Crippen MR) is 77.9 cm³/mol. The summed E-state index contributed by atoms with van der Waals surface area (Å²) in [5, 5.41) is 2.86. The van der Waals surface area contributed by atoms with Gasteiger partial charge in [-0.25, -0.2) is 4.98 Å². The van der Waals surface area contributed by atoms with E-state index in [0.29, 0.717) is 0 Å². The van der Waals surface area contributed by atoms with Gasteiger partial charge in [-0.05, 0) is 32.0 Å². The maximum absolute atomic E-state index is 6.06. The van der Waals surface area contributed by atoms with E-state index in [1.165, 1.54) is 0 Å². The first-order valence-electron chi connectivity index (χ1n) is 5.93. The number of hydrogen-bond donors (Lipinski definition) is 1. The number of methoxy groups -OCH3 is 2. The Morgan fingerprint density at radius 3 is 2.47 bits per heavy atom. The summed E-state index contributed by atoms with van der Waals surface area (Å²) in [5.41, 5.74) is 7.41. The smallest absolute Gasteiger partial charge is 0.129 e. The fourth-order valence-corrected chi connectivity index (χ4v) is 2.69. The van der Waals surface area contributed by atoms with Crippen LogP contribution in [0.2, 0.25) is 0 Å². The number of nitrogens with zero attached hydrogens (tertiary/aromatic N) is 1. The van der Waals surface area contributed by atoms with Gasteiger partial charge in [-0.2, -0.15) is 0 Å². The Hall–Kier alpha value is -1.59. The summed E-state index contributed by atoms with van der Waals surface area (Å²) in [5.74, 6) is 1.55. The molecule has 2 N–H and O–H groups in total. The Morgan fingerprint density at radius 2 is 1.95 bits per heavy atom. The molecule has 0 saturated heterocycles. The first-order valence-corrected chi connectivity index (χ1v) is 6.81. The van der Waals surface area contributed by atoms with Crippen molar-refractivity contribution in [1.29, 1.82) is 0 Å². The molecule has 1 aromatic heterocycles. The molecule has 0 fully saturated rings. The minimum absolute atomic E-state index is 0.444. The van der Waals surface area contributed by atoms with Crippen molar-refractivity contribution in [2.45, 2.75) is 19.4 Å². The van der Waals surface area contributed by atoms with Crippen LogP contribution in [0.4, 0.5) is 0 Å². The molecule has 0 atom stereocenters. The highest BCUT2D eigenvalue weighted by Crippen LogP contribution is 2.36. The molecule has 19 heavy (non-hydrogen) atoms. The van der Waals surface area contributed by atoms with Gasteiger partial charge < -0.3 is 15.2 Å². The first kappa shape index (κ1) is 13.8. The third-order valence-corrected chi connectivity index (χ3v) is 3.68. The molecule has 0 aliphatic carbocycles. The molecule has 1 aromatic carbocycles. The van der Waals surface area contributed by atoms with Crippen molar-refractivity contribution in [3.8, 4) is 22.1 Å². The number of thiazole rings is 1. The molecule has 4 nitrogen and oxygen atoms in total. The Labute approximate surface area is 117 Å². The quantitative estimate of drug-likeness (QED) is 0.934. The molecule has 2 rings (SSSR count). The van der Waals surface area contributed by atoms with Crippen molar-refractivity contribution in [3.63, 3.8) is 0 Å². The molecule has 2 aromatic rings. The van der Waals surface area contributed by atoms with Crippen molar-refractivity contribution in [2.24, 2.45) is 5.73 Å². The van der Waals surface area contributed by atoms with Crippen molar-refractivity contribution in [3.05, 3.63) is 29.3 Å². The largest absolute Gasteiger partial charge is 0.497 e. The van der Waals surface area contributed by atoms with Gasteiger partial charge in [0, 0.05) is 5.38 Å². The lowest BCUT2D eigenvalue weighted by molar-refractivity contribution is 0.404. The Balaban J connectivity index is 2.48. The second-order valence-corrected chi connectivity index (χ2v) is 5.68. The van der Waals surface area contributed by atoms with E-state index in [1.54, 1.807) is 25.6 Å². The van der Waals surface area contributed by atoms with Crippen molar-refractivity contribution in [1.82, 2.24) is 4.98 Å². The van der Waals surface area contributed by atoms with E-state index in [2.05, 4.69) is 4.98 Å². The molecule has 0 bridgehead atoms. The molecule has 0 spiro atoms. The van der Waals surface area contributed by atoms with Gasteiger partial charge in [0.05, 0.1) is 31.0 Å². The lowest BCUT2D eigenvalue weighted by atomic mass is 10.0. The van der Waals surface area contributed by atoms with Crippen LogP contribution in [0, 0.1) is 0 Å². The zero-order valence-electron chi connectivity index (χ0n) is 11.6. The summed E-state index contributed by atoms with van der Waals surface area (Å²) in [7, 11) is 3.29. The number of hydrogen-bond acceptors (Lipinski definition) is 5. The summed E-state index contributed by atoms with van der Waals surface area (Å²) >= 11 is 1.55. The summed E-state index contributed by atoms with van der Waals surface area (Å²) in [6.07, 6.45) is 0. The van der Waals surface area contributed by atoms with E-state index in [4.69, 9.17) is 15.2 Å².